The molecule has 0 spiro atoms. The van der Waals surface area contributed by atoms with Crippen LogP contribution in [0.15, 0.2) is 134 Å². The number of hydrogen-bond donors (Lipinski definition) is 0. The van der Waals surface area contributed by atoms with E-state index in [9.17, 15) is 14.4 Å². The Bertz CT molecular complexity index is 1730. The molecule has 6 nitrogen and oxygen atoms in total. The van der Waals surface area contributed by atoms with Gasteiger partial charge in [-0.15, -0.1) is 0 Å². The van der Waals surface area contributed by atoms with E-state index in [2.05, 4.69) is 154 Å². The maximum atomic E-state index is 12.9. The molecule has 82 heavy (non-hydrogen) atoms. The third kappa shape index (κ3) is 66.4. The van der Waals surface area contributed by atoms with Crippen molar-refractivity contribution < 1.29 is 28.6 Å². The molecule has 0 N–H and O–H groups in total. The normalized spacial score (nSPS) is 13.0. The Balaban J connectivity index is 4.30. The fourth-order valence-corrected chi connectivity index (χ4v) is 9.29. The van der Waals surface area contributed by atoms with Gasteiger partial charge in [0.2, 0.25) is 0 Å². The summed E-state index contributed by atoms with van der Waals surface area (Å²) in [6.45, 7) is 6.50. The molecule has 0 aromatic heterocycles. The predicted molar refractivity (Wildman–Crippen MR) is 357 cm³/mol. The minimum Gasteiger partial charge on any atom is -0.462 e. The van der Waals surface area contributed by atoms with Gasteiger partial charge < -0.3 is 14.2 Å². The van der Waals surface area contributed by atoms with Crippen molar-refractivity contribution in [1.29, 1.82) is 0 Å². The third-order valence-electron chi connectivity index (χ3n) is 14.4. The molecule has 6 heteroatoms. The summed E-state index contributed by atoms with van der Waals surface area (Å²) >= 11 is 0. The second-order valence-electron chi connectivity index (χ2n) is 22.4. The number of ether oxygens (including phenoxy) is 3. The van der Waals surface area contributed by atoms with Crippen molar-refractivity contribution in [1.82, 2.24) is 0 Å². The van der Waals surface area contributed by atoms with Crippen LogP contribution in [0.2, 0.25) is 0 Å². The van der Waals surface area contributed by atoms with Crippen LogP contribution in [-0.2, 0) is 28.6 Å². The third-order valence-corrected chi connectivity index (χ3v) is 14.4. The summed E-state index contributed by atoms with van der Waals surface area (Å²) < 4.78 is 16.9. The molecular formula is C76H126O6. The van der Waals surface area contributed by atoms with Crippen molar-refractivity contribution in [3.05, 3.63) is 134 Å². The van der Waals surface area contributed by atoms with Crippen molar-refractivity contribution in [2.75, 3.05) is 13.2 Å². The molecule has 0 saturated carbocycles. The van der Waals surface area contributed by atoms with E-state index in [-0.39, 0.29) is 31.1 Å². The molecule has 0 aromatic rings. The zero-order valence-electron chi connectivity index (χ0n) is 53.5. The van der Waals surface area contributed by atoms with Crippen molar-refractivity contribution >= 4 is 17.9 Å². The van der Waals surface area contributed by atoms with Gasteiger partial charge in [-0.2, -0.15) is 0 Å². The maximum absolute atomic E-state index is 12.9. The number of unbranched alkanes of at least 4 members (excludes halogenated alkanes) is 28. The molecule has 0 saturated heterocycles. The number of hydrogen-bond acceptors (Lipinski definition) is 6. The highest BCUT2D eigenvalue weighted by molar-refractivity contribution is 5.71. The van der Waals surface area contributed by atoms with Gasteiger partial charge in [0.05, 0.1) is 0 Å². The summed E-state index contributed by atoms with van der Waals surface area (Å²) in [5.74, 6) is -0.906. The molecular weight excluding hydrogens is 1010 g/mol. The zero-order valence-corrected chi connectivity index (χ0v) is 53.5. The molecule has 0 rings (SSSR count). The first-order chi connectivity index (χ1) is 40.5. The molecule has 0 aliphatic heterocycles. The topological polar surface area (TPSA) is 78.9 Å². The zero-order chi connectivity index (χ0) is 59.2. The molecule has 0 aliphatic carbocycles. The minimum atomic E-state index is -0.792. The quantitative estimate of drug-likeness (QED) is 0.0261. The van der Waals surface area contributed by atoms with Crippen LogP contribution in [0.1, 0.15) is 310 Å². The highest BCUT2D eigenvalue weighted by Gasteiger charge is 2.19. The van der Waals surface area contributed by atoms with Gasteiger partial charge in [0.1, 0.15) is 13.2 Å². The van der Waals surface area contributed by atoms with Gasteiger partial charge in [-0.3, -0.25) is 14.4 Å². The smallest absolute Gasteiger partial charge is 0.306 e. The first-order valence-corrected chi connectivity index (χ1v) is 34.2. The Morgan fingerprint density at radius 2 is 0.476 bits per heavy atom. The van der Waals surface area contributed by atoms with Crippen molar-refractivity contribution in [3.8, 4) is 0 Å². The minimum absolute atomic E-state index is 0.0867. The Labute approximate surface area is 506 Å². The standard InChI is InChI=1S/C76H126O6/c1-4-7-10-13-16-19-22-24-26-28-30-32-34-35-36-37-38-39-40-41-43-44-46-48-50-52-54-57-60-63-66-69-75(78)81-72-73(71-80-74(77)68-65-62-59-56-21-18-15-12-9-6-3)82-76(79)70-67-64-61-58-55-53-51-49-47-45-42-33-31-29-27-25-23-20-17-14-11-8-5-2/h7,10,16,19,23-26,29-32,35-36,38-39,41-43,45-46,48,73H,4-6,8-9,11-15,17-18,20-22,27-28,33-34,37,40,44,47,49-72H2,1-3H3/b10-7-,19-16-,25-23-,26-24-,31-29-,32-30-,36-35-,39-38-,43-41-,45-42-,48-46-. The number of allylic oxidation sites excluding steroid dienone is 22. The molecule has 0 aromatic carbocycles. The second kappa shape index (κ2) is 69.0. The summed E-state index contributed by atoms with van der Waals surface area (Å²) in [7, 11) is 0. The first-order valence-electron chi connectivity index (χ1n) is 34.2. The fourth-order valence-electron chi connectivity index (χ4n) is 9.29. The molecule has 466 valence electrons. The lowest BCUT2D eigenvalue weighted by Crippen LogP contribution is -2.30. The van der Waals surface area contributed by atoms with Gasteiger partial charge >= 0.3 is 17.9 Å². The van der Waals surface area contributed by atoms with Crippen LogP contribution in [-0.4, -0.2) is 37.2 Å². The highest BCUT2D eigenvalue weighted by Crippen LogP contribution is 2.16. The predicted octanol–water partition coefficient (Wildman–Crippen LogP) is 23.7. The van der Waals surface area contributed by atoms with E-state index in [1.54, 1.807) is 0 Å². The Kier molecular flexibility index (Phi) is 65.3. The van der Waals surface area contributed by atoms with Gasteiger partial charge in [0.15, 0.2) is 6.10 Å². The summed E-state index contributed by atoms with van der Waals surface area (Å²) in [6.07, 6.45) is 97.5. The summed E-state index contributed by atoms with van der Waals surface area (Å²) in [5, 5.41) is 0. The van der Waals surface area contributed by atoms with Gasteiger partial charge in [-0.05, 0) is 122 Å². The van der Waals surface area contributed by atoms with Crippen LogP contribution in [0, 0.1) is 0 Å². The number of carbonyl (C=O) groups is 3. The van der Waals surface area contributed by atoms with E-state index in [1.165, 1.54) is 128 Å². The maximum Gasteiger partial charge on any atom is 0.306 e. The van der Waals surface area contributed by atoms with Crippen molar-refractivity contribution in [2.45, 2.75) is 316 Å². The Morgan fingerprint density at radius 3 is 0.744 bits per heavy atom. The average Bonchev–Trinajstić information content (AvgIpc) is 3.47. The first kappa shape index (κ1) is 77.5. The summed E-state index contributed by atoms with van der Waals surface area (Å²) in [6, 6.07) is 0. The average molecular weight is 1140 g/mol. The monoisotopic (exact) mass is 1130 g/mol. The van der Waals surface area contributed by atoms with Gasteiger partial charge in [0.25, 0.3) is 0 Å². The molecule has 1 atom stereocenters. The molecule has 1 unspecified atom stereocenters. The van der Waals surface area contributed by atoms with E-state index < -0.39 is 6.10 Å². The second-order valence-corrected chi connectivity index (χ2v) is 22.4. The Morgan fingerprint density at radius 1 is 0.256 bits per heavy atom. The largest absolute Gasteiger partial charge is 0.462 e. The Hall–Kier alpha value is -4.45. The van der Waals surface area contributed by atoms with Crippen LogP contribution < -0.4 is 0 Å². The van der Waals surface area contributed by atoms with Crippen molar-refractivity contribution in [2.24, 2.45) is 0 Å². The van der Waals surface area contributed by atoms with E-state index in [1.807, 2.05) is 0 Å². The van der Waals surface area contributed by atoms with E-state index in [0.29, 0.717) is 19.3 Å². The SMILES string of the molecule is CC/C=C\C/C=C\C/C=C\C/C=C\C/C=C\C/C=C\C/C=C\C/C=C\CCCCCCCCC(=O)OCC(COC(=O)CCCCCCCCCCCC)OC(=O)CCCCCCCCCC/C=C\C/C=C\C/C=C\CCCCCCC. The summed E-state index contributed by atoms with van der Waals surface area (Å²) in [4.78, 5) is 38.3. The lowest BCUT2D eigenvalue weighted by atomic mass is 10.1. The molecule has 0 heterocycles. The molecule has 0 radical (unpaired) electrons. The molecule has 0 bridgehead atoms. The number of carbonyl (C=O) groups excluding carboxylic acids is 3. The molecule has 0 aliphatic rings. The molecule has 0 fully saturated rings. The van der Waals surface area contributed by atoms with Gasteiger partial charge in [-0.1, -0.05) is 302 Å². The lowest BCUT2D eigenvalue weighted by molar-refractivity contribution is -0.167. The van der Waals surface area contributed by atoms with Crippen LogP contribution >= 0.6 is 0 Å². The molecule has 0 amide bonds. The van der Waals surface area contributed by atoms with E-state index in [0.717, 1.165) is 141 Å². The van der Waals surface area contributed by atoms with E-state index >= 15 is 0 Å². The van der Waals surface area contributed by atoms with Crippen LogP contribution in [0.5, 0.6) is 0 Å². The highest BCUT2D eigenvalue weighted by atomic mass is 16.6. The lowest BCUT2D eigenvalue weighted by Gasteiger charge is -2.18. The summed E-state index contributed by atoms with van der Waals surface area (Å²) in [5.41, 5.74) is 0. The van der Waals surface area contributed by atoms with E-state index in [4.69, 9.17) is 14.2 Å². The van der Waals surface area contributed by atoms with Crippen LogP contribution in [0.4, 0.5) is 0 Å². The van der Waals surface area contributed by atoms with Gasteiger partial charge in [0, 0.05) is 19.3 Å². The van der Waals surface area contributed by atoms with Gasteiger partial charge in [-0.25, -0.2) is 0 Å². The fraction of sp³-hybridized carbons (Fsp3) is 0.671. The van der Waals surface area contributed by atoms with Crippen LogP contribution in [0.3, 0.4) is 0 Å². The number of esters is 3. The number of rotatable bonds is 61. The van der Waals surface area contributed by atoms with Crippen molar-refractivity contribution in [3.63, 3.8) is 0 Å². The van der Waals surface area contributed by atoms with Crippen LogP contribution in [0.25, 0.3) is 0 Å².